The van der Waals surface area contributed by atoms with Crippen LogP contribution in [0.2, 0.25) is 5.02 Å². The van der Waals surface area contributed by atoms with Crippen LogP contribution in [0.5, 0.6) is 0 Å². The van der Waals surface area contributed by atoms with Crippen molar-refractivity contribution in [2.75, 3.05) is 6.54 Å². The van der Waals surface area contributed by atoms with Crippen LogP contribution >= 0.6 is 11.6 Å². The maximum absolute atomic E-state index is 12.2. The molecule has 4 nitrogen and oxygen atoms in total. The number of oxazole rings is 1. The Labute approximate surface area is 134 Å². The van der Waals surface area contributed by atoms with Gasteiger partial charge in [0.2, 0.25) is 5.91 Å². The fourth-order valence-electron chi connectivity index (χ4n) is 2.80. The van der Waals surface area contributed by atoms with Gasteiger partial charge in [-0.25, -0.2) is 4.98 Å². The Kier molecular flexibility index (Phi) is 4.21. The number of hydrogen-bond acceptors (Lipinski definition) is 3. The molecule has 1 N–H and O–H groups in total. The molecule has 2 atom stereocenters. The van der Waals surface area contributed by atoms with E-state index in [0.717, 1.165) is 22.9 Å². The first-order valence-corrected chi connectivity index (χ1v) is 7.88. The van der Waals surface area contributed by atoms with Crippen molar-refractivity contribution in [3.63, 3.8) is 0 Å². The number of nitrogens with zero attached hydrogens (tertiary/aromatic N) is 1. The maximum atomic E-state index is 12.2. The van der Waals surface area contributed by atoms with Gasteiger partial charge in [-0.1, -0.05) is 23.7 Å². The second kappa shape index (κ2) is 6.13. The van der Waals surface area contributed by atoms with E-state index in [1.54, 1.807) is 0 Å². The van der Waals surface area contributed by atoms with Crippen LogP contribution in [0.25, 0.3) is 0 Å². The van der Waals surface area contributed by atoms with E-state index < -0.39 is 0 Å². The third-order valence-corrected chi connectivity index (χ3v) is 4.34. The Morgan fingerprint density at radius 3 is 2.73 bits per heavy atom. The van der Waals surface area contributed by atoms with E-state index >= 15 is 0 Å². The minimum absolute atomic E-state index is 0.0846. The quantitative estimate of drug-likeness (QED) is 0.919. The molecule has 1 aliphatic carbocycles. The maximum Gasteiger partial charge on any atom is 0.223 e. The molecule has 0 bridgehead atoms. The van der Waals surface area contributed by atoms with E-state index in [4.69, 9.17) is 16.0 Å². The Hall–Kier alpha value is -1.81. The van der Waals surface area contributed by atoms with Crippen molar-refractivity contribution in [3.05, 3.63) is 52.2 Å². The van der Waals surface area contributed by atoms with E-state index in [0.29, 0.717) is 24.8 Å². The summed E-state index contributed by atoms with van der Waals surface area (Å²) < 4.78 is 5.38. The third kappa shape index (κ3) is 3.33. The van der Waals surface area contributed by atoms with E-state index in [1.165, 1.54) is 5.56 Å². The SMILES string of the molecule is Cc1nc(CCNC(=O)C2CC2c2ccc(Cl)cc2)c(C)o1. The van der Waals surface area contributed by atoms with Gasteiger partial charge in [0, 0.05) is 30.8 Å². The summed E-state index contributed by atoms with van der Waals surface area (Å²) in [6, 6.07) is 7.75. The molecule has 22 heavy (non-hydrogen) atoms. The zero-order valence-corrected chi connectivity index (χ0v) is 13.5. The van der Waals surface area contributed by atoms with Gasteiger partial charge in [0.15, 0.2) is 5.89 Å². The smallest absolute Gasteiger partial charge is 0.223 e. The molecule has 2 unspecified atom stereocenters. The Morgan fingerprint density at radius 1 is 1.36 bits per heavy atom. The largest absolute Gasteiger partial charge is 0.446 e. The minimum Gasteiger partial charge on any atom is -0.446 e. The van der Waals surface area contributed by atoms with Crippen molar-refractivity contribution in [1.29, 1.82) is 0 Å². The summed E-state index contributed by atoms with van der Waals surface area (Å²) in [7, 11) is 0. The predicted molar refractivity (Wildman–Crippen MR) is 85.0 cm³/mol. The molecule has 0 aliphatic heterocycles. The zero-order valence-electron chi connectivity index (χ0n) is 12.7. The summed E-state index contributed by atoms with van der Waals surface area (Å²) in [5.41, 5.74) is 2.11. The first kappa shape index (κ1) is 15.1. The van der Waals surface area contributed by atoms with Gasteiger partial charge in [-0.05, 0) is 37.0 Å². The third-order valence-electron chi connectivity index (χ3n) is 4.09. The second-order valence-electron chi connectivity index (χ2n) is 5.78. The first-order chi connectivity index (χ1) is 10.5. The van der Waals surface area contributed by atoms with Crippen LogP contribution in [-0.2, 0) is 11.2 Å². The van der Waals surface area contributed by atoms with E-state index in [-0.39, 0.29) is 11.8 Å². The molecule has 1 aromatic carbocycles. The zero-order chi connectivity index (χ0) is 15.7. The summed E-state index contributed by atoms with van der Waals surface area (Å²) in [4.78, 5) is 16.5. The molecule has 5 heteroatoms. The minimum atomic E-state index is 0.0846. The van der Waals surface area contributed by atoms with E-state index in [1.807, 2.05) is 38.1 Å². The van der Waals surface area contributed by atoms with Gasteiger partial charge in [0.25, 0.3) is 0 Å². The van der Waals surface area contributed by atoms with Crippen LogP contribution < -0.4 is 5.32 Å². The van der Waals surface area contributed by atoms with Crippen LogP contribution in [0.3, 0.4) is 0 Å². The number of hydrogen-bond donors (Lipinski definition) is 1. The van der Waals surface area contributed by atoms with Crippen LogP contribution in [-0.4, -0.2) is 17.4 Å². The summed E-state index contributed by atoms with van der Waals surface area (Å²) in [6.07, 6.45) is 1.61. The number of aromatic nitrogens is 1. The van der Waals surface area contributed by atoms with Crippen molar-refractivity contribution in [2.24, 2.45) is 5.92 Å². The highest BCUT2D eigenvalue weighted by molar-refractivity contribution is 6.30. The highest BCUT2D eigenvalue weighted by atomic mass is 35.5. The highest BCUT2D eigenvalue weighted by Crippen LogP contribution is 2.47. The molecule has 1 heterocycles. The fraction of sp³-hybridized carbons (Fsp3) is 0.412. The second-order valence-corrected chi connectivity index (χ2v) is 6.21. The van der Waals surface area contributed by atoms with Gasteiger partial charge >= 0.3 is 0 Å². The lowest BCUT2D eigenvalue weighted by atomic mass is 10.1. The number of carbonyl (C=O) groups excluding carboxylic acids is 1. The van der Waals surface area contributed by atoms with E-state index in [2.05, 4.69) is 10.3 Å². The molecule has 1 aromatic heterocycles. The van der Waals surface area contributed by atoms with Gasteiger partial charge in [0.1, 0.15) is 5.76 Å². The van der Waals surface area contributed by atoms with Crippen molar-refractivity contribution < 1.29 is 9.21 Å². The summed E-state index contributed by atoms with van der Waals surface area (Å²) in [6.45, 7) is 4.32. The molecule has 3 rings (SSSR count). The molecular weight excluding hydrogens is 300 g/mol. The number of carbonyl (C=O) groups is 1. The molecule has 1 fully saturated rings. The average molecular weight is 319 g/mol. The lowest BCUT2D eigenvalue weighted by molar-refractivity contribution is -0.122. The first-order valence-electron chi connectivity index (χ1n) is 7.50. The molecule has 2 aromatic rings. The highest BCUT2D eigenvalue weighted by Gasteiger charge is 2.43. The van der Waals surface area contributed by atoms with Crippen molar-refractivity contribution in [1.82, 2.24) is 10.3 Å². The van der Waals surface area contributed by atoms with Crippen LogP contribution in [0.4, 0.5) is 0 Å². The number of nitrogens with one attached hydrogen (secondary N) is 1. The Morgan fingerprint density at radius 2 is 2.09 bits per heavy atom. The standard InChI is InChI=1S/C17H19ClN2O2/c1-10-16(20-11(2)22-10)7-8-19-17(21)15-9-14(15)12-3-5-13(18)6-4-12/h3-6,14-15H,7-9H2,1-2H3,(H,19,21). The van der Waals surface area contributed by atoms with Crippen LogP contribution in [0, 0.1) is 19.8 Å². The Bertz CT molecular complexity index is 678. The van der Waals surface area contributed by atoms with Crippen molar-refractivity contribution in [2.45, 2.75) is 32.6 Å². The molecule has 116 valence electrons. The van der Waals surface area contributed by atoms with Gasteiger partial charge in [-0.2, -0.15) is 0 Å². The fourth-order valence-corrected chi connectivity index (χ4v) is 2.93. The van der Waals surface area contributed by atoms with Crippen molar-refractivity contribution >= 4 is 17.5 Å². The Balaban J connectivity index is 1.47. The van der Waals surface area contributed by atoms with Gasteiger partial charge in [-0.3, -0.25) is 4.79 Å². The summed E-state index contributed by atoms with van der Waals surface area (Å²) in [5, 5.41) is 3.72. The topological polar surface area (TPSA) is 55.1 Å². The molecule has 1 aliphatic rings. The van der Waals surface area contributed by atoms with Gasteiger partial charge in [0.05, 0.1) is 5.69 Å². The van der Waals surface area contributed by atoms with E-state index in [9.17, 15) is 4.79 Å². The molecule has 0 spiro atoms. The number of rotatable bonds is 5. The van der Waals surface area contributed by atoms with Crippen molar-refractivity contribution in [3.8, 4) is 0 Å². The van der Waals surface area contributed by atoms with Gasteiger partial charge in [-0.15, -0.1) is 0 Å². The summed E-state index contributed by atoms with van der Waals surface area (Å²) in [5.74, 6) is 2.04. The number of aryl methyl sites for hydroxylation is 2. The number of amides is 1. The normalized spacial score (nSPS) is 20.0. The summed E-state index contributed by atoms with van der Waals surface area (Å²) >= 11 is 5.88. The van der Waals surface area contributed by atoms with Crippen LogP contribution in [0.1, 0.15) is 35.2 Å². The molecule has 1 amide bonds. The molecular formula is C17H19ClN2O2. The molecule has 0 saturated heterocycles. The molecule has 1 saturated carbocycles. The number of halogens is 1. The average Bonchev–Trinajstić information content (AvgIpc) is 3.21. The lowest BCUT2D eigenvalue weighted by Gasteiger charge is -2.04. The lowest BCUT2D eigenvalue weighted by Crippen LogP contribution is -2.27. The van der Waals surface area contributed by atoms with Gasteiger partial charge < -0.3 is 9.73 Å². The number of benzene rings is 1. The monoisotopic (exact) mass is 318 g/mol. The molecule has 0 radical (unpaired) electrons. The van der Waals surface area contributed by atoms with Crippen LogP contribution in [0.15, 0.2) is 28.7 Å². The predicted octanol–water partition coefficient (Wildman–Crippen LogP) is 3.41.